The summed E-state index contributed by atoms with van der Waals surface area (Å²) in [6.07, 6.45) is 2.38. The van der Waals surface area contributed by atoms with E-state index in [-0.39, 0.29) is 18.1 Å². The number of amides is 1. The molecule has 0 unspecified atom stereocenters. The van der Waals surface area contributed by atoms with Crippen molar-refractivity contribution in [2.24, 2.45) is 0 Å². The largest absolute Gasteiger partial charge is 0.488 e. The van der Waals surface area contributed by atoms with Crippen molar-refractivity contribution >= 4 is 34.2 Å². The Hall–Kier alpha value is -3.90. The number of hydrogen-bond acceptors (Lipinski definition) is 5. The second-order valence-corrected chi connectivity index (χ2v) is 8.36. The summed E-state index contributed by atoms with van der Waals surface area (Å²) in [5.41, 5.74) is 2.74. The summed E-state index contributed by atoms with van der Waals surface area (Å²) >= 11 is 6.39. The van der Waals surface area contributed by atoms with Crippen molar-refractivity contribution in [1.82, 2.24) is 10.3 Å². The average Bonchev–Trinajstić information content (AvgIpc) is 2.88. The van der Waals surface area contributed by atoms with Crippen molar-refractivity contribution in [2.75, 3.05) is 7.05 Å². The van der Waals surface area contributed by atoms with Crippen LogP contribution in [-0.4, -0.2) is 23.7 Å². The number of halogens is 1. The first-order chi connectivity index (χ1) is 17.0. The van der Waals surface area contributed by atoms with E-state index in [2.05, 4.69) is 10.3 Å². The number of carbonyl (C=O) groups is 2. The second kappa shape index (κ2) is 11.0. The topological polar surface area (TPSA) is 77.5 Å². The SMILES string of the molecule is CCC(=O)Cc1ccc(Oc2ccnc3cc(OCc4ccccc4)c(C(=O)NC)cc23)cc1Cl. The molecule has 1 amide bonds. The summed E-state index contributed by atoms with van der Waals surface area (Å²) in [7, 11) is 1.57. The second-order valence-electron chi connectivity index (χ2n) is 7.95. The molecule has 35 heavy (non-hydrogen) atoms. The maximum absolute atomic E-state index is 12.7. The van der Waals surface area contributed by atoms with Gasteiger partial charge in [0.05, 0.1) is 11.1 Å². The summed E-state index contributed by atoms with van der Waals surface area (Å²) in [6.45, 7) is 2.14. The van der Waals surface area contributed by atoms with Gasteiger partial charge in [0, 0.05) is 42.6 Å². The van der Waals surface area contributed by atoms with Gasteiger partial charge in [-0.1, -0.05) is 54.9 Å². The van der Waals surface area contributed by atoms with Crippen LogP contribution in [0.15, 0.2) is 72.9 Å². The highest BCUT2D eigenvalue weighted by Gasteiger charge is 2.17. The first kappa shape index (κ1) is 24.2. The maximum Gasteiger partial charge on any atom is 0.254 e. The molecule has 0 aliphatic heterocycles. The number of ketones is 1. The van der Waals surface area contributed by atoms with E-state index in [0.29, 0.717) is 51.8 Å². The Kier molecular flexibility index (Phi) is 7.63. The van der Waals surface area contributed by atoms with Gasteiger partial charge >= 0.3 is 0 Å². The Bertz CT molecular complexity index is 1370. The van der Waals surface area contributed by atoms with Gasteiger partial charge in [-0.25, -0.2) is 0 Å². The fraction of sp³-hybridized carbons (Fsp3) is 0.179. The molecule has 0 radical (unpaired) electrons. The first-order valence-corrected chi connectivity index (χ1v) is 11.7. The Morgan fingerprint density at radius 3 is 2.51 bits per heavy atom. The summed E-state index contributed by atoms with van der Waals surface area (Å²) in [6, 6.07) is 20.1. The van der Waals surface area contributed by atoms with E-state index < -0.39 is 0 Å². The normalized spacial score (nSPS) is 10.7. The molecule has 0 aliphatic carbocycles. The highest BCUT2D eigenvalue weighted by Crippen LogP contribution is 2.35. The quantitative estimate of drug-likeness (QED) is 0.306. The number of nitrogens with one attached hydrogen (secondary N) is 1. The fourth-order valence-electron chi connectivity index (χ4n) is 3.60. The smallest absolute Gasteiger partial charge is 0.254 e. The van der Waals surface area contributed by atoms with Crippen molar-refractivity contribution < 1.29 is 19.1 Å². The van der Waals surface area contributed by atoms with Crippen molar-refractivity contribution in [3.63, 3.8) is 0 Å². The minimum atomic E-state index is -0.280. The Morgan fingerprint density at radius 2 is 1.80 bits per heavy atom. The standard InChI is InChI=1S/C28H25ClN2O4/c1-3-20(32)13-19-9-10-21(14-24(19)29)35-26-11-12-31-25-16-27(23(15-22(25)26)28(33)30-2)34-17-18-7-5-4-6-8-18/h4-12,14-16H,3,13,17H2,1-2H3,(H,30,33). The van der Waals surface area contributed by atoms with Gasteiger partial charge in [0.25, 0.3) is 5.91 Å². The number of rotatable bonds is 9. The predicted octanol–water partition coefficient (Wildman–Crippen LogP) is 6.14. The number of aromatic nitrogens is 1. The van der Waals surface area contributed by atoms with Gasteiger partial charge in [-0.3, -0.25) is 14.6 Å². The lowest BCUT2D eigenvalue weighted by molar-refractivity contribution is -0.118. The number of carbonyl (C=O) groups excluding carboxylic acids is 2. The molecule has 0 atom stereocenters. The van der Waals surface area contributed by atoms with Crippen molar-refractivity contribution in [3.8, 4) is 17.2 Å². The number of fused-ring (bicyclic) bond motifs is 1. The van der Waals surface area contributed by atoms with E-state index in [4.69, 9.17) is 21.1 Å². The van der Waals surface area contributed by atoms with Gasteiger partial charge in [-0.15, -0.1) is 0 Å². The van der Waals surface area contributed by atoms with E-state index in [0.717, 1.165) is 11.1 Å². The molecular weight excluding hydrogens is 464 g/mol. The Labute approximate surface area is 208 Å². The number of hydrogen-bond donors (Lipinski definition) is 1. The molecule has 1 N–H and O–H groups in total. The lowest BCUT2D eigenvalue weighted by Crippen LogP contribution is -2.19. The van der Waals surface area contributed by atoms with Crippen LogP contribution in [0.5, 0.6) is 17.2 Å². The molecule has 0 aliphatic rings. The van der Waals surface area contributed by atoms with E-state index in [1.54, 1.807) is 49.6 Å². The van der Waals surface area contributed by atoms with Crippen LogP contribution in [0.3, 0.4) is 0 Å². The van der Waals surface area contributed by atoms with Crippen LogP contribution in [0.4, 0.5) is 0 Å². The van der Waals surface area contributed by atoms with Gasteiger partial charge < -0.3 is 14.8 Å². The summed E-state index contributed by atoms with van der Waals surface area (Å²) in [5, 5.41) is 3.78. The monoisotopic (exact) mass is 488 g/mol. The molecule has 7 heteroatoms. The van der Waals surface area contributed by atoms with Crippen LogP contribution in [-0.2, 0) is 17.8 Å². The summed E-state index contributed by atoms with van der Waals surface area (Å²) < 4.78 is 12.1. The van der Waals surface area contributed by atoms with Crippen LogP contribution in [0.25, 0.3) is 10.9 Å². The summed E-state index contributed by atoms with van der Waals surface area (Å²) in [4.78, 5) is 28.9. The molecule has 0 spiro atoms. The van der Waals surface area contributed by atoms with Gasteiger partial charge in [-0.05, 0) is 35.4 Å². The minimum absolute atomic E-state index is 0.118. The van der Waals surface area contributed by atoms with Gasteiger partial charge in [0.15, 0.2) is 0 Å². The van der Waals surface area contributed by atoms with Gasteiger partial charge in [-0.2, -0.15) is 0 Å². The van der Waals surface area contributed by atoms with Crippen molar-refractivity contribution in [2.45, 2.75) is 26.4 Å². The highest BCUT2D eigenvalue weighted by molar-refractivity contribution is 6.31. The van der Waals surface area contributed by atoms with Gasteiger partial charge in [0.2, 0.25) is 0 Å². The average molecular weight is 489 g/mol. The van der Waals surface area contributed by atoms with Crippen LogP contribution in [0, 0.1) is 0 Å². The van der Waals surface area contributed by atoms with E-state index >= 15 is 0 Å². The molecule has 1 aromatic heterocycles. The van der Waals surface area contributed by atoms with Crippen LogP contribution < -0.4 is 14.8 Å². The third-order valence-electron chi connectivity index (χ3n) is 5.55. The van der Waals surface area contributed by atoms with Crippen LogP contribution >= 0.6 is 11.6 Å². The van der Waals surface area contributed by atoms with Crippen molar-refractivity contribution in [1.29, 1.82) is 0 Å². The molecule has 178 valence electrons. The van der Waals surface area contributed by atoms with E-state index in [1.807, 2.05) is 37.3 Å². The number of benzene rings is 3. The molecule has 0 fully saturated rings. The highest BCUT2D eigenvalue weighted by atomic mass is 35.5. The number of Topliss-reactive ketones (excluding diaryl/α,β-unsaturated/α-hetero) is 1. The predicted molar refractivity (Wildman–Crippen MR) is 136 cm³/mol. The third-order valence-corrected chi connectivity index (χ3v) is 5.90. The van der Waals surface area contributed by atoms with Gasteiger partial charge in [0.1, 0.15) is 29.6 Å². The molecule has 3 aromatic carbocycles. The summed E-state index contributed by atoms with van der Waals surface area (Å²) in [5.74, 6) is 1.30. The lowest BCUT2D eigenvalue weighted by atomic mass is 10.1. The molecule has 1 heterocycles. The van der Waals surface area contributed by atoms with Crippen molar-refractivity contribution in [3.05, 3.63) is 94.6 Å². The van der Waals surface area contributed by atoms with E-state index in [1.165, 1.54) is 0 Å². The molecule has 4 aromatic rings. The molecular formula is C28H25ClN2O4. The molecule has 0 saturated carbocycles. The lowest BCUT2D eigenvalue weighted by Gasteiger charge is -2.14. The number of pyridine rings is 1. The first-order valence-electron chi connectivity index (χ1n) is 11.3. The molecule has 6 nitrogen and oxygen atoms in total. The Morgan fingerprint density at radius 1 is 1.00 bits per heavy atom. The zero-order valence-corrected chi connectivity index (χ0v) is 20.3. The molecule has 4 rings (SSSR count). The van der Waals surface area contributed by atoms with E-state index in [9.17, 15) is 9.59 Å². The third kappa shape index (κ3) is 5.78. The zero-order valence-electron chi connectivity index (χ0n) is 19.5. The number of ether oxygens (including phenoxy) is 2. The fourth-order valence-corrected chi connectivity index (χ4v) is 3.84. The number of nitrogens with zero attached hydrogens (tertiary/aromatic N) is 1. The zero-order chi connectivity index (χ0) is 24.8. The van der Waals surface area contributed by atoms with Crippen LogP contribution in [0.1, 0.15) is 34.8 Å². The molecule has 0 saturated heterocycles. The Balaban J connectivity index is 1.66. The molecule has 0 bridgehead atoms. The minimum Gasteiger partial charge on any atom is -0.488 e. The van der Waals surface area contributed by atoms with Crippen LogP contribution in [0.2, 0.25) is 5.02 Å². The maximum atomic E-state index is 12.7.